The van der Waals surface area contributed by atoms with Crippen molar-refractivity contribution < 1.29 is 0 Å². The number of hydrogen-bond acceptors (Lipinski definition) is 4. The molecule has 240 valence electrons. The molecular formula is C45H34N5-. The van der Waals surface area contributed by atoms with Gasteiger partial charge in [0.25, 0.3) is 0 Å². The third-order valence-corrected chi connectivity index (χ3v) is 9.51. The van der Waals surface area contributed by atoms with E-state index in [1.165, 1.54) is 5.56 Å². The maximum Gasteiger partial charge on any atom is 0.145 e. The summed E-state index contributed by atoms with van der Waals surface area (Å²) in [6, 6.07) is 47.0. The Hall–Kier alpha value is -6.46. The molecule has 5 nitrogen and oxygen atoms in total. The van der Waals surface area contributed by atoms with E-state index in [1.54, 1.807) is 0 Å². The number of aliphatic imine (C=N–C) groups is 1. The van der Waals surface area contributed by atoms with Crippen LogP contribution in [0.5, 0.6) is 0 Å². The normalized spacial score (nSPS) is 19.1. The van der Waals surface area contributed by atoms with E-state index in [4.69, 9.17) is 9.98 Å². The largest absolute Gasteiger partial charge is 0.683 e. The molecule has 3 aliphatic rings. The van der Waals surface area contributed by atoms with Gasteiger partial charge in [-0.1, -0.05) is 146 Å². The summed E-state index contributed by atoms with van der Waals surface area (Å²) in [5.41, 5.74) is 12.8. The summed E-state index contributed by atoms with van der Waals surface area (Å²) in [4.78, 5) is 10.3. The minimum Gasteiger partial charge on any atom is -0.683 e. The van der Waals surface area contributed by atoms with Crippen molar-refractivity contribution in [3.05, 3.63) is 198 Å². The quantitative estimate of drug-likeness (QED) is 0.190. The van der Waals surface area contributed by atoms with Crippen LogP contribution in [0.15, 0.2) is 175 Å². The van der Waals surface area contributed by atoms with Gasteiger partial charge < -0.3 is 16.0 Å². The van der Waals surface area contributed by atoms with E-state index in [0.717, 1.165) is 67.1 Å². The number of aromatic nitrogens is 1. The maximum absolute atomic E-state index is 5.19. The SMILES string of the molecule is C1=C[N-]C(C2C=Cc3ccc(-c4ccc5ccc(-c6cccc(C7=NC(c8ccccc8)NC(c8ccccc8)=C7)c6)cc5n4)cc3N2)C=C1. The Kier molecular flexibility index (Phi) is 7.63. The van der Waals surface area contributed by atoms with Gasteiger partial charge in [0.2, 0.25) is 0 Å². The van der Waals surface area contributed by atoms with Crippen molar-refractivity contribution in [1.29, 1.82) is 0 Å². The van der Waals surface area contributed by atoms with Gasteiger partial charge in [0.15, 0.2) is 0 Å². The molecule has 0 spiro atoms. The van der Waals surface area contributed by atoms with Crippen molar-refractivity contribution in [2.45, 2.75) is 18.2 Å². The predicted molar refractivity (Wildman–Crippen MR) is 208 cm³/mol. The number of nitrogens with zero attached hydrogens (tertiary/aromatic N) is 3. The fourth-order valence-corrected chi connectivity index (χ4v) is 6.84. The van der Waals surface area contributed by atoms with Gasteiger partial charge in [-0.05, 0) is 58.2 Å². The monoisotopic (exact) mass is 644 g/mol. The number of anilines is 1. The van der Waals surface area contributed by atoms with Crippen molar-refractivity contribution in [3.8, 4) is 22.4 Å². The van der Waals surface area contributed by atoms with Crippen LogP contribution in [-0.4, -0.2) is 22.8 Å². The Morgan fingerprint density at radius 3 is 2.24 bits per heavy atom. The van der Waals surface area contributed by atoms with Crippen molar-refractivity contribution in [2.75, 3.05) is 5.32 Å². The molecule has 0 fully saturated rings. The number of rotatable bonds is 6. The molecule has 0 aliphatic carbocycles. The fraction of sp³-hybridized carbons (Fsp3) is 0.0667. The summed E-state index contributed by atoms with van der Waals surface area (Å²) < 4.78 is 0. The van der Waals surface area contributed by atoms with Crippen molar-refractivity contribution in [1.82, 2.24) is 10.3 Å². The highest BCUT2D eigenvalue weighted by molar-refractivity contribution is 6.13. The van der Waals surface area contributed by atoms with E-state index in [-0.39, 0.29) is 18.2 Å². The van der Waals surface area contributed by atoms with Crippen LogP contribution < -0.4 is 10.6 Å². The van der Waals surface area contributed by atoms with E-state index in [0.29, 0.717) is 0 Å². The van der Waals surface area contributed by atoms with Crippen LogP contribution in [0.4, 0.5) is 5.69 Å². The van der Waals surface area contributed by atoms with Crippen LogP contribution in [0, 0.1) is 0 Å². The first kappa shape index (κ1) is 29.7. The molecule has 0 amide bonds. The molecule has 4 heterocycles. The molecule has 3 atom stereocenters. The number of nitrogens with one attached hydrogen (secondary N) is 2. The van der Waals surface area contributed by atoms with Gasteiger partial charge in [-0.15, -0.1) is 0 Å². The number of allylic oxidation sites excluding steroid dienone is 3. The summed E-state index contributed by atoms with van der Waals surface area (Å²) in [5, 5.41) is 13.1. The average Bonchev–Trinajstić information content (AvgIpc) is 3.21. The van der Waals surface area contributed by atoms with Crippen LogP contribution in [-0.2, 0) is 0 Å². The van der Waals surface area contributed by atoms with Crippen molar-refractivity contribution in [3.63, 3.8) is 0 Å². The predicted octanol–water partition coefficient (Wildman–Crippen LogP) is 10.3. The highest BCUT2D eigenvalue weighted by atomic mass is 15.1. The van der Waals surface area contributed by atoms with E-state index in [1.807, 2.05) is 24.4 Å². The Morgan fingerprint density at radius 1 is 0.600 bits per heavy atom. The zero-order valence-corrected chi connectivity index (χ0v) is 27.3. The second kappa shape index (κ2) is 12.9. The zero-order valence-electron chi connectivity index (χ0n) is 27.3. The Morgan fingerprint density at radius 2 is 1.38 bits per heavy atom. The minimum atomic E-state index is -0.185. The number of pyridine rings is 1. The molecule has 3 unspecified atom stereocenters. The van der Waals surface area contributed by atoms with Crippen LogP contribution >= 0.6 is 0 Å². The van der Waals surface area contributed by atoms with Crippen LogP contribution in [0.1, 0.15) is 28.4 Å². The molecule has 0 radical (unpaired) electrons. The van der Waals surface area contributed by atoms with Gasteiger partial charge in [-0.3, -0.25) is 4.99 Å². The first-order valence-electron chi connectivity index (χ1n) is 17.0. The Bertz CT molecular complexity index is 2370. The van der Waals surface area contributed by atoms with Gasteiger partial charge in [-0.25, -0.2) is 4.98 Å². The highest BCUT2D eigenvalue weighted by Gasteiger charge is 2.20. The summed E-state index contributed by atoms with van der Waals surface area (Å²) in [5.74, 6) is 0. The lowest BCUT2D eigenvalue weighted by Gasteiger charge is -2.37. The van der Waals surface area contributed by atoms with E-state index in [9.17, 15) is 0 Å². The van der Waals surface area contributed by atoms with Gasteiger partial charge in [-0.2, -0.15) is 6.20 Å². The number of hydrogen-bond donors (Lipinski definition) is 2. The number of fused-ring (bicyclic) bond motifs is 2. The average molecular weight is 645 g/mol. The molecule has 1 aromatic heterocycles. The highest BCUT2D eigenvalue weighted by Crippen LogP contribution is 2.33. The van der Waals surface area contributed by atoms with E-state index in [2.05, 4.69) is 168 Å². The molecule has 0 saturated carbocycles. The minimum absolute atomic E-state index is 0.0813. The molecule has 9 rings (SSSR count). The molecule has 0 saturated heterocycles. The van der Waals surface area contributed by atoms with Crippen LogP contribution in [0.2, 0.25) is 0 Å². The summed E-state index contributed by atoms with van der Waals surface area (Å²) in [6.07, 6.45) is 14.4. The van der Waals surface area contributed by atoms with Gasteiger partial charge >= 0.3 is 0 Å². The molecular weight excluding hydrogens is 611 g/mol. The smallest absolute Gasteiger partial charge is 0.145 e. The second-order valence-corrected chi connectivity index (χ2v) is 12.8. The lowest BCUT2D eigenvalue weighted by Crippen LogP contribution is -2.31. The first-order valence-corrected chi connectivity index (χ1v) is 17.0. The van der Waals surface area contributed by atoms with Crippen LogP contribution in [0.25, 0.3) is 50.4 Å². The Balaban J connectivity index is 1.03. The molecule has 5 heteroatoms. The topological polar surface area (TPSA) is 63.4 Å². The van der Waals surface area contributed by atoms with Gasteiger partial charge in [0.05, 0.1) is 16.9 Å². The Labute approximate surface area is 292 Å². The van der Waals surface area contributed by atoms with Crippen molar-refractivity contribution >= 4 is 34.1 Å². The summed E-state index contributed by atoms with van der Waals surface area (Å²) >= 11 is 0. The molecule has 50 heavy (non-hydrogen) atoms. The summed E-state index contributed by atoms with van der Waals surface area (Å²) in [6.45, 7) is 0. The fourth-order valence-electron chi connectivity index (χ4n) is 6.84. The third kappa shape index (κ3) is 5.90. The van der Waals surface area contributed by atoms with E-state index < -0.39 is 0 Å². The standard InChI is InChI=1S/C45H34N5/c1-3-10-30(11-4-1)43-29-44(50-45(49-43)33-12-5-2-6-13-33)36-15-9-14-34(26-36)35-19-17-31-21-23-38(47-41(31)27-35)37-20-18-32-22-24-40(48-42(32)28-37)39-16-7-8-25-46-39/h1-29,39-40,45,48-49H/q-1. The first-order chi connectivity index (χ1) is 24.7. The molecule has 3 aliphatic heterocycles. The maximum atomic E-state index is 5.19. The van der Waals surface area contributed by atoms with Crippen molar-refractivity contribution in [2.24, 2.45) is 4.99 Å². The zero-order chi connectivity index (χ0) is 33.3. The lowest BCUT2D eigenvalue weighted by molar-refractivity contribution is 0.664. The van der Waals surface area contributed by atoms with Gasteiger partial charge in [0, 0.05) is 33.9 Å². The molecule has 5 aromatic carbocycles. The second-order valence-electron chi connectivity index (χ2n) is 12.8. The molecule has 6 aromatic rings. The number of benzene rings is 5. The molecule has 0 bridgehead atoms. The van der Waals surface area contributed by atoms with E-state index >= 15 is 0 Å². The van der Waals surface area contributed by atoms with Gasteiger partial charge in [0.1, 0.15) is 6.17 Å². The lowest BCUT2D eigenvalue weighted by atomic mass is 9.96. The summed E-state index contributed by atoms with van der Waals surface area (Å²) in [7, 11) is 0. The molecule has 2 N–H and O–H groups in total. The third-order valence-electron chi connectivity index (χ3n) is 9.51. The van der Waals surface area contributed by atoms with Crippen LogP contribution in [0.3, 0.4) is 0 Å².